The molecule has 1 fully saturated rings. The van der Waals surface area contributed by atoms with Gasteiger partial charge in [-0.05, 0) is 19.4 Å². The van der Waals surface area contributed by atoms with Crippen LogP contribution in [0, 0.1) is 0 Å². The van der Waals surface area contributed by atoms with Crippen LogP contribution in [-0.2, 0) is 4.79 Å². The van der Waals surface area contributed by atoms with Gasteiger partial charge in [0.2, 0.25) is 11.9 Å². The Kier molecular flexibility index (Phi) is 2.22. The molecule has 1 saturated heterocycles. The van der Waals surface area contributed by atoms with Crippen molar-refractivity contribution in [3.05, 3.63) is 6.33 Å². The molecule has 0 saturated carbocycles. The van der Waals surface area contributed by atoms with Gasteiger partial charge in [-0.1, -0.05) is 0 Å². The topological polar surface area (TPSA) is 82.7 Å². The first-order valence-corrected chi connectivity index (χ1v) is 4.26. The number of aromatic nitrogens is 3. The molecule has 70 valence electrons. The minimum absolute atomic E-state index is 0.0470. The second-order valence-corrected chi connectivity index (χ2v) is 2.97. The van der Waals surface area contributed by atoms with Crippen molar-refractivity contribution in [2.75, 3.05) is 11.9 Å². The summed E-state index contributed by atoms with van der Waals surface area (Å²) in [4.78, 5) is 15.3. The third-order valence-electron chi connectivity index (χ3n) is 2.03. The molecule has 1 aromatic rings. The second-order valence-electron chi connectivity index (χ2n) is 2.97. The molecule has 1 amide bonds. The molecular formula is C7H11N5O. The number of hydrogen-bond donors (Lipinski definition) is 3. The fourth-order valence-corrected chi connectivity index (χ4v) is 1.38. The Morgan fingerprint density at radius 2 is 2.62 bits per heavy atom. The van der Waals surface area contributed by atoms with Gasteiger partial charge in [0, 0.05) is 0 Å². The lowest BCUT2D eigenvalue weighted by Crippen LogP contribution is -2.35. The summed E-state index contributed by atoms with van der Waals surface area (Å²) in [6.45, 7) is 0.911. The van der Waals surface area contributed by atoms with E-state index in [1.807, 2.05) is 0 Å². The highest BCUT2D eigenvalue weighted by atomic mass is 16.2. The average molecular weight is 181 g/mol. The van der Waals surface area contributed by atoms with Gasteiger partial charge in [-0.15, -0.1) is 0 Å². The fourth-order valence-electron chi connectivity index (χ4n) is 1.38. The molecule has 1 aliphatic heterocycles. The number of carbonyl (C=O) groups is 1. The third-order valence-corrected chi connectivity index (χ3v) is 2.03. The molecular weight excluding hydrogens is 170 g/mol. The van der Waals surface area contributed by atoms with E-state index in [2.05, 4.69) is 25.8 Å². The largest absolute Gasteiger partial charge is 0.306 e. The van der Waals surface area contributed by atoms with E-state index in [1.54, 1.807) is 0 Å². The van der Waals surface area contributed by atoms with Gasteiger partial charge >= 0.3 is 0 Å². The molecule has 2 rings (SSSR count). The number of rotatable bonds is 2. The molecule has 0 bridgehead atoms. The first-order chi connectivity index (χ1) is 6.36. The average Bonchev–Trinajstić information content (AvgIpc) is 2.74. The zero-order valence-corrected chi connectivity index (χ0v) is 7.08. The number of H-pyrrole nitrogens is 1. The maximum absolute atomic E-state index is 11.5. The predicted molar refractivity (Wildman–Crippen MR) is 46.0 cm³/mol. The standard InChI is InChI=1S/C7H11N5O/c13-6(5-2-1-3-8-5)11-7-9-4-10-12-7/h4-5,8H,1-3H2,(H2,9,10,11,12,13)/t5-/m0/s1. The van der Waals surface area contributed by atoms with Crippen molar-refractivity contribution in [3.63, 3.8) is 0 Å². The number of anilines is 1. The van der Waals surface area contributed by atoms with Gasteiger partial charge in [0.05, 0.1) is 6.04 Å². The van der Waals surface area contributed by atoms with Crippen LogP contribution in [0.1, 0.15) is 12.8 Å². The minimum Gasteiger partial charge on any atom is -0.306 e. The van der Waals surface area contributed by atoms with E-state index in [4.69, 9.17) is 0 Å². The zero-order chi connectivity index (χ0) is 9.10. The van der Waals surface area contributed by atoms with Gasteiger partial charge in [0.15, 0.2) is 0 Å². The summed E-state index contributed by atoms with van der Waals surface area (Å²) < 4.78 is 0. The van der Waals surface area contributed by atoms with E-state index in [0.717, 1.165) is 19.4 Å². The van der Waals surface area contributed by atoms with E-state index >= 15 is 0 Å². The maximum Gasteiger partial charge on any atom is 0.243 e. The molecule has 2 heterocycles. The van der Waals surface area contributed by atoms with Crippen molar-refractivity contribution in [1.29, 1.82) is 0 Å². The Morgan fingerprint density at radius 3 is 3.23 bits per heavy atom. The van der Waals surface area contributed by atoms with Crippen LogP contribution in [0.3, 0.4) is 0 Å². The highest BCUT2D eigenvalue weighted by Crippen LogP contribution is 2.06. The lowest BCUT2D eigenvalue weighted by Gasteiger charge is -2.07. The second kappa shape index (κ2) is 3.53. The monoisotopic (exact) mass is 181 g/mol. The van der Waals surface area contributed by atoms with Crippen LogP contribution in [0.15, 0.2) is 6.33 Å². The Morgan fingerprint density at radius 1 is 1.69 bits per heavy atom. The molecule has 3 N–H and O–H groups in total. The number of nitrogens with zero attached hydrogens (tertiary/aromatic N) is 2. The molecule has 6 nitrogen and oxygen atoms in total. The van der Waals surface area contributed by atoms with Crippen LogP contribution >= 0.6 is 0 Å². The first-order valence-electron chi connectivity index (χ1n) is 4.26. The number of carbonyl (C=O) groups excluding carboxylic acids is 1. The molecule has 0 unspecified atom stereocenters. The number of amides is 1. The Hall–Kier alpha value is -1.43. The van der Waals surface area contributed by atoms with Crippen LogP contribution in [0.5, 0.6) is 0 Å². The number of aromatic amines is 1. The van der Waals surface area contributed by atoms with Crippen molar-refractivity contribution in [3.8, 4) is 0 Å². The Balaban J connectivity index is 1.91. The van der Waals surface area contributed by atoms with Crippen molar-refractivity contribution in [2.24, 2.45) is 0 Å². The van der Waals surface area contributed by atoms with E-state index < -0.39 is 0 Å². The molecule has 0 radical (unpaired) electrons. The summed E-state index contributed by atoms with van der Waals surface area (Å²) in [6.07, 6.45) is 3.30. The summed E-state index contributed by atoms with van der Waals surface area (Å²) >= 11 is 0. The molecule has 0 aromatic carbocycles. The van der Waals surface area contributed by atoms with Gasteiger partial charge in [0.25, 0.3) is 0 Å². The smallest absolute Gasteiger partial charge is 0.243 e. The lowest BCUT2D eigenvalue weighted by atomic mass is 10.2. The SMILES string of the molecule is O=C(Nc1ncn[nH]1)[C@@H]1CCCN1. The van der Waals surface area contributed by atoms with Crippen molar-refractivity contribution in [2.45, 2.75) is 18.9 Å². The lowest BCUT2D eigenvalue weighted by molar-refractivity contribution is -0.117. The summed E-state index contributed by atoms with van der Waals surface area (Å²) in [5.41, 5.74) is 0. The predicted octanol–water partition coefficient (Wildman–Crippen LogP) is -0.505. The maximum atomic E-state index is 11.5. The van der Waals surface area contributed by atoms with Crippen LogP contribution in [-0.4, -0.2) is 33.7 Å². The highest BCUT2D eigenvalue weighted by molar-refractivity contribution is 5.93. The highest BCUT2D eigenvalue weighted by Gasteiger charge is 2.22. The van der Waals surface area contributed by atoms with Gasteiger partial charge in [-0.25, -0.2) is 5.10 Å². The molecule has 1 aromatic heterocycles. The third kappa shape index (κ3) is 1.83. The fraction of sp³-hybridized carbons (Fsp3) is 0.571. The van der Waals surface area contributed by atoms with Crippen LogP contribution in [0.4, 0.5) is 5.95 Å². The van der Waals surface area contributed by atoms with E-state index in [1.165, 1.54) is 6.33 Å². The molecule has 6 heteroatoms. The molecule has 0 spiro atoms. The summed E-state index contributed by atoms with van der Waals surface area (Å²) in [5, 5.41) is 11.9. The number of hydrogen-bond acceptors (Lipinski definition) is 4. The van der Waals surface area contributed by atoms with Crippen LogP contribution in [0.25, 0.3) is 0 Å². The van der Waals surface area contributed by atoms with E-state index in [9.17, 15) is 4.79 Å². The van der Waals surface area contributed by atoms with Crippen molar-refractivity contribution < 1.29 is 4.79 Å². The van der Waals surface area contributed by atoms with Crippen molar-refractivity contribution in [1.82, 2.24) is 20.5 Å². The zero-order valence-electron chi connectivity index (χ0n) is 7.08. The quantitative estimate of drug-likeness (QED) is 0.574. The van der Waals surface area contributed by atoms with Crippen LogP contribution in [0.2, 0.25) is 0 Å². The Labute approximate surface area is 75.1 Å². The normalized spacial score (nSPS) is 21.7. The molecule has 1 aliphatic rings. The Bertz CT molecular complexity index is 277. The van der Waals surface area contributed by atoms with Crippen molar-refractivity contribution >= 4 is 11.9 Å². The van der Waals surface area contributed by atoms with E-state index in [-0.39, 0.29) is 11.9 Å². The molecule has 0 aliphatic carbocycles. The summed E-state index contributed by atoms with van der Waals surface area (Å²) in [6, 6.07) is -0.0786. The van der Waals surface area contributed by atoms with Gasteiger partial charge in [-0.2, -0.15) is 10.1 Å². The van der Waals surface area contributed by atoms with Crippen LogP contribution < -0.4 is 10.6 Å². The van der Waals surface area contributed by atoms with Gasteiger partial charge in [0.1, 0.15) is 6.33 Å². The van der Waals surface area contributed by atoms with E-state index in [0.29, 0.717) is 5.95 Å². The summed E-state index contributed by atoms with van der Waals surface area (Å²) in [5.74, 6) is 0.355. The minimum atomic E-state index is -0.0786. The first kappa shape index (κ1) is 8.18. The molecule has 1 atom stereocenters. The van der Waals surface area contributed by atoms with Gasteiger partial charge < -0.3 is 5.32 Å². The molecule has 13 heavy (non-hydrogen) atoms. The summed E-state index contributed by atoms with van der Waals surface area (Å²) in [7, 11) is 0. The number of nitrogens with one attached hydrogen (secondary N) is 3. The van der Waals surface area contributed by atoms with Gasteiger partial charge in [-0.3, -0.25) is 10.1 Å².